The number of amides is 2. The van der Waals surface area contributed by atoms with Gasteiger partial charge in [0.15, 0.2) is 0 Å². The van der Waals surface area contributed by atoms with Crippen LogP contribution in [0, 0.1) is 5.92 Å². The topological polar surface area (TPSA) is 104 Å². The summed E-state index contributed by atoms with van der Waals surface area (Å²) in [7, 11) is 1.53. The molecule has 2 rings (SSSR count). The molecule has 158 valence electrons. The summed E-state index contributed by atoms with van der Waals surface area (Å²) in [4.78, 5) is 33.5. The molecule has 1 aliphatic rings. The molecule has 0 saturated heterocycles. The van der Waals surface area contributed by atoms with Gasteiger partial charge in [-0.2, -0.15) is 4.99 Å². The lowest BCUT2D eigenvalue weighted by Crippen LogP contribution is -2.58. The van der Waals surface area contributed by atoms with Gasteiger partial charge in [0.1, 0.15) is 5.60 Å². The first-order valence-corrected chi connectivity index (χ1v) is 9.91. The molecule has 9 heteroatoms. The summed E-state index contributed by atoms with van der Waals surface area (Å²) in [5, 5.41) is 14.8. The standard InChI is InChI=1S/C20H28N4O4S/c1-12-8-13(14-6-7-21-10-16(14)22-11-29)9-15(17(12)24(5)19(26)27)23-18(25)28-20(2,3)4/h6-7,10,12-13,15,17H,8-9H2,1-5H3,(H,23,25)(H,26,27)/t12-,13+,15+,17-/m0/s1. The molecule has 29 heavy (non-hydrogen) atoms. The number of alkyl carbamates (subject to hydrolysis) is 1. The highest BCUT2D eigenvalue weighted by Gasteiger charge is 2.41. The number of carboxylic acid groups (broad SMARTS) is 1. The largest absolute Gasteiger partial charge is 0.465 e. The number of carbonyl (C=O) groups is 2. The molecular weight excluding hydrogens is 392 g/mol. The van der Waals surface area contributed by atoms with E-state index in [1.807, 2.05) is 13.0 Å². The number of isothiocyanates is 1. The maximum atomic E-state index is 12.4. The smallest absolute Gasteiger partial charge is 0.407 e. The molecule has 1 saturated carbocycles. The van der Waals surface area contributed by atoms with Crippen molar-refractivity contribution < 1.29 is 19.4 Å². The lowest BCUT2D eigenvalue weighted by Gasteiger charge is -2.44. The van der Waals surface area contributed by atoms with Gasteiger partial charge in [0.25, 0.3) is 0 Å². The minimum absolute atomic E-state index is 0.00716. The number of thiocarbonyl (C=S) groups is 1. The van der Waals surface area contributed by atoms with E-state index < -0.39 is 23.8 Å². The van der Waals surface area contributed by atoms with Crippen LogP contribution in [-0.2, 0) is 4.74 Å². The van der Waals surface area contributed by atoms with Crippen molar-refractivity contribution in [3.63, 3.8) is 0 Å². The molecule has 1 aromatic heterocycles. The van der Waals surface area contributed by atoms with Crippen molar-refractivity contribution in [2.45, 2.75) is 64.1 Å². The van der Waals surface area contributed by atoms with Gasteiger partial charge in [0, 0.05) is 13.2 Å². The van der Waals surface area contributed by atoms with E-state index in [0.29, 0.717) is 12.1 Å². The summed E-state index contributed by atoms with van der Waals surface area (Å²) >= 11 is 4.74. The number of carbonyl (C=O) groups excluding carboxylic acids is 1. The third kappa shape index (κ3) is 5.98. The minimum atomic E-state index is -1.04. The van der Waals surface area contributed by atoms with E-state index in [2.05, 4.69) is 20.5 Å². The molecule has 2 N–H and O–H groups in total. The Hall–Kier alpha value is -2.51. The van der Waals surface area contributed by atoms with Crippen molar-refractivity contribution in [1.29, 1.82) is 0 Å². The zero-order chi connectivity index (χ0) is 21.8. The van der Waals surface area contributed by atoms with Gasteiger partial charge in [0.2, 0.25) is 0 Å². The van der Waals surface area contributed by atoms with Crippen LogP contribution in [0.25, 0.3) is 0 Å². The highest BCUT2D eigenvalue weighted by molar-refractivity contribution is 7.78. The highest BCUT2D eigenvalue weighted by Crippen LogP contribution is 2.41. The second kappa shape index (κ2) is 9.33. The zero-order valence-electron chi connectivity index (χ0n) is 17.4. The van der Waals surface area contributed by atoms with Crippen LogP contribution in [0.4, 0.5) is 15.3 Å². The van der Waals surface area contributed by atoms with E-state index in [1.165, 1.54) is 11.9 Å². The third-order valence-electron chi connectivity index (χ3n) is 5.08. The number of aromatic nitrogens is 1. The predicted octanol–water partition coefficient (Wildman–Crippen LogP) is 4.20. The molecule has 4 atom stereocenters. The first kappa shape index (κ1) is 22.8. The molecule has 1 aliphatic carbocycles. The summed E-state index contributed by atoms with van der Waals surface area (Å²) in [6.45, 7) is 7.34. The van der Waals surface area contributed by atoms with Crippen LogP contribution in [0.5, 0.6) is 0 Å². The van der Waals surface area contributed by atoms with Gasteiger partial charge in [-0.3, -0.25) is 4.98 Å². The minimum Gasteiger partial charge on any atom is -0.465 e. The van der Waals surface area contributed by atoms with E-state index in [0.717, 1.165) is 12.0 Å². The zero-order valence-corrected chi connectivity index (χ0v) is 18.2. The Morgan fingerprint density at radius 3 is 2.69 bits per heavy atom. The van der Waals surface area contributed by atoms with Gasteiger partial charge in [-0.15, -0.1) is 0 Å². The average Bonchev–Trinajstić information content (AvgIpc) is 2.60. The molecule has 1 heterocycles. The van der Waals surface area contributed by atoms with Crippen molar-refractivity contribution in [2.75, 3.05) is 7.05 Å². The first-order valence-electron chi connectivity index (χ1n) is 9.50. The Morgan fingerprint density at radius 2 is 2.10 bits per heavy atom. The van der Waals surface area contributed by atoms with Crippen LogP contribution in [0.1, 0.15) is 52.0 Å². The molecule has 0 unspecified atom stereocenters. The van der Waals surface area contributed by atoms with Crippen LogP contribution in [-0.4, -0.2) is 57.1 Å². The number of aliphatic imine (C=N–C) groups is 1. The molecule has 1 aromatic rings. The lowest BCUT2D eigenvalue weighted by molar-refractivity contribution is 0.0375. The summed E-state index contributed by atoms with van der Waals surface area (Å²) in [6.07, 6.45) is 2.99. The number of nitrogens with zero attached hydrogens (tertiary/aromatic N) is 3. The summed E-state index contributed by atoms with van der Waals surface area (Å²) in [6, 6.07) is 1.09. The molecule has 0 aliphatic heterocycles. The summed E-state index contributed by atoms with van der Waals surface area (Å²) < 4.78 is 5.40. The molecule has 2 amide bonds. The number of hydrogen-bond donors (Lipinski definition) is 2. The van der Waals surface area contributed by atoms with Crippen molar-refractivity contribution in [1.82, 2.24) is 15.2 Å². The number of rotatable bonds is 4. The van der Waals surface area contributed by atoms with Crippen LogP contribution >= 0.6 is 12.2 Å². The second-order valence-corrected chi connectivity index (χ2v) is 8.60. The molecule has 8 nitrogen and oxygen atoms in total. The summed E-state index contributed by atoms with van der Waals surface area (Å²) in [5.41, 5.74) is 0.946. The number of nitrogens with one attached hydrogen (secondary N) is 1. The number of hydrogen-bond acceptors (Lipinski definition) is 6. The van der Waals surface area contributed by atoms with Crippen molar-refractivity contribution in [3.8, 4) is 0 Å². The molecule has 1 fully saturated rings. The third-order valence-corrected chi connectivity index (χ3v) is 5.17. The lowest BCUT2D eigenvalue weighted by atomic mass is 9.72. The Kier molecular flexibility index (Phi) is 7.32. The molecule has 0 radical (unpaired) electrons. The monoisotopic (exact) mass is 420 g/mol. The average molecular weight is 421 g/mol. The first-order chi connectivity index (χ1) is 13.5. The van der Waals surface area contributed by atoms with Crippen LogP contribution in [0.15, 0.2) is 23.5 Å². The second-order valence-electron chi connectivity index (χ2n) is 8.42. The number of ether oxygens (including phenoxy) is 1. The van der Waals surface area contributed by atoms with E-state index in [1.54, 1.807) is 33.2 Å². The van der Waals surface area contributed by atoms with Crippen LogP contribution in [0.3, 0.4) is 0 Å². The maximum absolute atomic E-state index is 12.4. The van der Waals surface area contributed by atoms with Gasteiger partial charge in [-0.05, 0) is 69.3 Å². The van der Waals surface area contributed by atoms with E-state index >= 15 is 0 Å². The molecular formula is C20H28N4O4S. The fraction of sp³-hybridized carbons (Fsp3) is 0.600. The van der Waals surface area contributed by atoms with Crippen molar-refractivity contribution in [2.24, 2.45) is 10.9 Å². The Bertz CT molecular complexity index is 804. The fourth-order valence-corrected chi connectivity index (χ4v) is 4.15. The molecule has 0 spiro atoms. The van der Waals surface area contributed by atoms with Crippen molar-refractivity contribution >= 4 is 35.3 Å². The fourth-order valence-electron chi connectivity index (χ4n) is 4.05. The molecule has 0 bridgehead atoms. The van der Waals surface area contributed by atoms with E-state index in [4.69, 9.17) is 17.0 Å². The number of likely N-dealkylation sites (N-methyl/N-ethyl adjacent to an activating group) is 1. The van der Waals surface area contributed by atoms with E-state index in [-0.39, 0.29) is 17.9 Å². The van der Waals surface area contributed by atoms with E-state index in [9.17, 15) is 14.7 Å². The van der Waals surface area contributed by atoms with Crippen molar-refractivity contribution in [3.05, 3.63) is 24.0 Å². The van der Waals surface area contributed by atoms with Gasteiger partial charge in [0.05, 0.1) is 29.1 Å². The quantitative estimate of drug-likeness (QED) is 0.559. The Morgan fingerprint density at radius 1 is 1.41 bits per heavy atom. The molecule has 0 aromatic carbocycles. The van der Waals surface area contributed by atoms with Crippen LogP contribution in [0.2, 0.25) is 0 Å². The predicted molar refractivity (Wildman–Crippen MR) is 113 cm³/mol. The normalized spacial score (nSPS) is 24.2. The SMILES string of the molecule is C[C@H]1C[C@@H](c2ccncc2N=C=S)C[C@@H](NC(=O)OC(C)(C)C)[C@H]1N(C)C(=O)O. The van der Waals surface area contributed by atoms with Gasteiger partial charge >= 0.3 is 12.2 Å². The maximum Gasteiger partial charge on any atom is 0.407 e. The summed E-state index contributed by atoms with van der Waals surface area (Å²) in [5.74, 6) is 0.0424. The van der Waals surface area contributed by atoms with Gasteiger partial charge < -0.3 is 20.1 Å². The van der Waals surface area contributed by atoms with Gasteiger partial charge in [-0.25, -0.2) is 9.59 Å². The van der Waals surface area contributed by atoms with Crippen LogP contribution < -0.4 is 5.32 Å². The highest BCUT2D eigenvalue weighted by atomic mass is 32.1. The Labute approximate surface area is 176 Å². The Balaban J connectivity index is 2.34. The van der Waals surface area contributed by atoms with Gasteiger partial charge in [-0.1, -0.05) is 6.92 Å². The number of pyridine rings is 1.